The molecule has 0 amide bonds. The molecule has 1 spiro atoms. The van der Waals surface area contributed by atoms with Crippen LogP contribution in [0.2, 0.25) is 0 Å². The predicted molar refractivity (Wildman–Crippen MR) is 92.8 cm³/mol. The molecule has 21 heavy (non-hydrogen) atoms. The molecule has 1 atom stereocenters. The third kappa shape index (κ3) is 5.25. The van der Waals surface area contributed by atoms with E-state index in [9.17, 15) is 0 Å². The molecule has 1 N–H and O–H groups in total. The van der Waals surface area contributed by atoms with Gasteiger partial charge in [-0.25, -0.2) is 0 Å². The van der Waals surface area contributed by atoms with Crippen LogP contribution >= 0.6 is 0 Å². The molecule has 1 heterocycles. The van der Waals surface area contributed by atoms with E-state index in [2.05, 4.69) is 31.0 Å². The highest BCUT2D eigenvalue weighted by atomic mass is 15.3. The zero-order valence-corrected chi connectivity index (χ0v) is 14.8. The lowest BCUT2D eigenvalue weighted by Gasteiger charge is -2.50. The van der Waals surface area contributed by atoms with Crippen molar-refractivity contribution < 1.29 is 0 Å². The van der Waals surface area contributed by atoms with Crippen LogP contribution in [0, 0.1) is 5.92 Å². The lowest BCUT2D eigenvalue weighted by Crippen LogP contribution is -2.65. The standard InChI is InChI=1S/C19H38N2/c1-4-5-6-10-13-21-16-19(11-8-7-9-12-19)20-15-18(21)14-17(2)3/h17-18,20H,4-16H2,1-3H3. The highest BCUT2D eigenvalue weighted by molar-refractivity contribution is 4.99. The van der Waals surface area contributed by atoms with E-state index in [1.54, 1.807) is 0 Å². The quantitative estimate of drug-likeness (QED) is 0.691. The first kappa shape index (κ1) is 17.3. The van der Waals surface area contributed by atoms with Crippen LogP contribution in [0.15, 0.2) is 0 Å². The molecule has 1 saturated carbocycles. The molecule has 1 aliphatic carbocycles. The Hall–Kier alpha value is -0.0800. The highest BCUT2D eigenvalue weighted by Gasteiger charge is 2.39. The van der Waals surface area contributed by atoms with Gasteiger partial charge in [0.1, 0.15) is 0 Å². The molecular formula is C19H38N2. The summed E-state index contributed by atoms with van der Waals surface area (Å²) in [6.45, 7) is 10.9. The lowest BCUT2D eigenvalue weighted by atomic mass is 9.79. The van der Waals surface area contributed by atoms with E-state index in [1.807, 2.05) is 0 Å². The van der Waals surface area contributed by atoms with Crippen molar-refractivity contribution in [2.45, 2.75) is 96.6 Å². The molecule has 124 valence electrons. The van der Waals surface area contributed by atoms with Gasteiger partial charge in [-0.05, 0) is 38.1 Å². The van der Waals surface area contributed by atoms with Crippen molar-refractivity contribution in [1.82, 2.24) is 10.2 Å². The largest absolute Gasteiger partial charge is 0.308 e. The van der Waals surface area contributed by atoms with Gasteiger partial charge < -0.3 is 5.32 Å². The Morgan fingerprint density at radius 1 is 1.10 bits per heavy atom. The molecule has 1 aliphatic heterocycles. The van der Waals surface area contributed by atoms with Gasteiger partial charge in [-0.2, -0.15) is 0 Å². The molecule has 2 aliphatic rings. The third-order valence-corrected chi connectivity index (χ3v) is 5.59. The van der Waals surface area contributed by atoms with Crippen molar-refractivity contribution in [2.75, 3.05) is 19.6 Å². The van der Waals surface area contributed by atoms with E-state index < -0.39 is 0 Å². The van der Waals surface area contributed by atoms with Crippen molar-refractivity contribution in [3.63, 3.8) is 0 Å². The van der Waals surface area contributed by atoms with Gasteiger partial charge in [0.05, 0.1) is 0 Å². The van der Waals surface area contributed by atoms with Crippen LogP contribution in [0.4, 0.5) is 0 Å². The zero-order chi connectivity index (χ0) is 15.1. The smallest absolute Gasteiger partial charge is 0.0309 e. The van der Waals surface area contributed by atoms with Crippen LogP contribution in [-0.4, -0.2) is 36.1 Å². The fraction of sp³-hybridized carbons (Fsp3) is 1.00. The minimum atomic E-state index is 0.469. The maximum atomic E-state index is 3.98. The van der Waals surface area contributed by atoms with Gasteiger partial charge in [0.2, 0.25) is 0 Å². The Bertz CT molecular complexity index is 281. The number of hydrogen-bond donors (Lipinski definition) is 1. The summed E-state index contributed by atoms with van der Waals surface area (Å²) in [6.07, 6.45) is 14.1. The number of piperazine rings is 1. The van der Waals surface area contributed by atoms with Gasteiger partial charge in [0.25, 0.3) is 0 Å². The molecule has 1 saturated heterocycles. The summed E-state index contributed by atoms with van der Waals surface area (Å²) in [5.41, 5.74) is 0.469. The summed E-state index contributed by atoms with van der Waals surface area (Å²) in [6, 6.07) is 0.777. The first-order valence-corrected chi connectivity index (χ1v) is 9.64. The highest BCUT2D eigenvalue weighted by Crippen LogP contribution is 2.33. The summed E-state index contributed by atoms with van der Waals surface area (Å²) in [5.74, 6) is 0.815. The molecule has 2 nitrogen and oxygen atoms in total. The molecule has 0 aromatic rings. The minimum Gasteiger partial charge on any atom is -0.308 e. The average molecular weight is 295 g/mol. The van der Waals surface area contributed by atoms with Crippen molar-refractivity contribution in [3.05, 3.63) is 0 Å². The van der Waals surface area contributed by atoms with Gasteiger partial charge in [-0.1, -0.05) is 59.3 Å². The van der Waals surface area contributed by atoms with Crippen LogP contribution in [0.3, 0.4) is 0 Å². The summed E-state index contributed by atoms with van der Waals surface area (Å²) in [5, 5.41) is 3.98. The Balaban J connectivity index is 1.90. The van der Waals surface area contributed by atoms with Gasteiger partial charge in [-0.15, -0.1) is 0 Å². The number of rotatable bonds is 7. The number of nitrogens with one attached hydrogen (secondary N) is 1. The summed E-state index contributed by atoms with van der Waals surface area (Å²) in [4.78, 5) is 2.86. The van der Waals surface area contributed by atoms with Crippen molar-refractivity contribution in [2.24, 2.45) is 5.92 Å². The monoisotopic (exact) mass is 294 g/mol. The molecule has 0 radical (unpaired) electrons. The van der Waals surface area contributed by atoms with Crippen LogP contribution in [0.25, 0.3) is 0 Å². The number of hydrogen-bond acceptors (Lipinski definition) is 2. The molecule has 2 rings (SSSR count). The van der Waals surface area contributed by atoms with Crippen LogP contribution < -0.4 is 5.32 Å². The van der Waals surface area contributed by atoms with Crippen LogP contribution in [0.1, 0.15) is 85.0 Å². The van der Waals surface area contributed by atoms with E-state index in [4.69, 9.17) is 0 Å². The maximum absolute atomic E-state index is 3.98. The summed E-state index contributed by atoms with van der Waals surface area (Å²) in [7, 11) is 0. The van der Waals surface area contributed by atoms with E-state index >= 15 is 0 Å². The Labute approximate surface area is 133 Å². The van der Waals surface area contributed by atoms with E-state index in [-0.39, 0.29) is 0 Å². The first-order valence-electron chi connectivity index (χ1n) is 9.64. The van der Waals surface area contributed by atoms with Crippen molar-refractivity contribution >= 4 is 0 Å². The zero-order valence-electron chi connectivity index (χ0n) is 14.8. The van der Waals surface area contributed by atoms with Crippen molar-refractivity contribution in [1.29, 1.82) is 0 Å². The van der Waals surface area contributed by atoms with Gasteiger partial charge in [-0.3, -0.25) is 4.90 Å². The Kier molecular flexibility index (Phi) is 7.01. The summed E-state index contributed by atoms with van der Waals surface area (Å²) >= 11 is 0. The Morgan fingerprint density at radius 3 is 2.52 bits per heavy atom. The first-order chi connectivity index (χ1) is 10.2. The van der Waals surface area contributed by atoms with Gasteiger partial charge >= 0.3 is 0 Å². The van der Waals surface area contributed by atoms with Crippen LogP contribution in [0.5, 0.6) is 0 Å². The molecular weight excluding hydrogens is 256 g/mol. The van der Waals surface area contributed by atoms with E-state index in [0.717, 1.165) is 12.0 Å². The van der Waals surface area contributed by atoms with Crippen molar-refractivity contribution in [3.8, 4) is 0 Å². The maximum Gasteiger partial charge on any atom is 0.0309 e. The second-order valence-corrected chi connectivity index (χ2v) is 8.04. The molecule has 0 aromatic heterocycles. The number of unbranched alkanes of at least 4 members (excludes halogenated alkanes) is 3. The topological polar surface area (TPSA) is 15.3 Å². The molecule has 2 heteroatoms. The molecule has 0 bridgehead atoms. The van der Waals surface area contributed by atoms with Gasteiger partial charge in [0.15, 0.2) is 0 Å². The minimum absolute atomic E-state index is 0.469. The SMILES string of the molecule is CCCCCCN1CC2(CCCCC2)NCC1CC(C)C. The van der Waals surface area contributed by atoms with E-state index in [1.165, 1.54) is 83.8 Å². The predicted octanol–water partition coefficient (Wildman–Crippen LogP) is 4.59. The van der Waals surface area contributed by atoms with E-state index in [0.29, 0.717) is 5.54 Å². The molecule has 0 aromatic carbocycles. The van der Waals surface area contributed by atoms with Gasteiger partial charge in [0, 0.05) is 24.7 Å². The average Bonchev–Trinajstić information content (AvgIpc) is 2.47. The second kappa shape index (κ2) is 8.53. The Morgan fingerprint density at radius 2 is 1.86 bits per heavy atom. The van der Waals surface area contributed by atoms with Crippen LogP contribution in [-0.2, 0) is 0 Å². The number of nitrogens with zero attached hydrogens (tertiary/aromatic N) is 1. The fourth-order valence-corrected chi connectivity index (χ4v) is 4.38. The third-order valence-electron chi connectivity index (χ3n) is 5.59. The summed E-state index contributed by atoms with van der Waals surface area (Å²) < 4.78 is 0. The molecule has 1 unspecified atom stereocenters. The lowest BCUT2D eigenvalue weighted by molar-refractivity contribution is 0.0458. The normalized spacial score (nSPS) is 26.6. The molecule has 2 fully saturated rings. The second-order valence-electron chi connectivity index (χ2n) is 8.04. The fourth-order valence-electron chi connectivity index (χ4n) is 4.38.